The molecule has 1 N–H and O–H groups in total. The zero-order valence-electron chi connectivity index (χ0n) is 16.5. The molecule has 7 nitrogen and oxygen atoms in total. The second-order valence-electron chi connectivity index (χ2n) is 6.94. The van der Waals surface area contributed by atoms with Crippen molar-refractivity contribution in [2.45, 2.75) is 16.7 Å². The Hall–Kier alpha value is -3.17. The molecule has 0 spiro atoms. The number of sulfone groups is 1. The summed E-state index contributed by atoms with van der Waals surface area (Å²) in [6.07, 6.45) is 0. The molecule has 1 amide bonds. The Morgan fingerprint density at radius 2 is 1.63 bits per heavy atom. The number of nitrogens with zero attached hydrogens (tertiary/aromatic N) is 2. The van der Waals surface area contributed by atoms with E-state index >= 15 is 0 Å². The second-order valence-corrected chi connectivity index (χ2v) is 9.78. The quantitative estimate of drug-likeness (QED) is 0.526. The van der Waals surface area contributed by atoms with E-state index in [0.717, 1.165) is 5.56 Å². The number of imidazole rings is 1. The largest absolute Gasteiger partial charge is 0.328 e. The number of carbonyl (C=O) groups is 1. The van der Waals surface area contributed by atoms with Gasteiger partial charge < -0.3 is 5.32 Å². The molecule has 0 aliphatic heterocycles. The maximum Gasteiger partial charge on any atom is 0.328 e. The number of thiophene rings is 1. The zero-order valence-corrected chi connectivity index (χ0v) is 18.2. The first-order chi connectivity index (χ1) is 14.2. The number of hydrogen-bond donors (Lipinski definition) is 1. The van der Waals surface area contributed by atoms with Crippen molar-refractivity contribution in [3.05, 3.63) is 74.8 Å². The number of benzene rings is 2. The van der Waals surface area contributed by atoms with E-state index in [9.17, 15) is 18.0 Å². The van der Waals surface area contributed by atoms with Crippen LogP contribution >= 0.6 is 11.3 Å². The maximum absolute atomic E-state index is 13.4. The van der Waals surface area contributed by atoms with Gasteiger partial charge in [0.15, 0.2) is 0 Å². The fourth-order valence-electron chi connectivity index (χ4n) is 3.36. The van der Waals surface area contributed by atoms with Gasteiger partial charge in [0, 0.05) is 14.1 Å². The zero-order chi connectivity index (χ0) is 21.6. The van der Waals surface area contributed by atoms with Gasteiger partial charge in [-0.2, -0.15) is 0 Å². The van der Waals surface area contributed by atoms with Gasteiger partial charge >= 0.3 is 5.69 Å². The van der Waals surface area contributed by atoms with Gasteiger partial charge in [0.1, 0.15) is 0 Å². The third-order valence-corrected chi connectivity index (χ3v) is 7.86. The number of amides is 1. The molecule has 0 bridgehead atoms. The van der Waals surface area contributed by atoms with Crippen LogP contribution in [0.2, 0.25) is 0 Å². The van der Waals surface area contributed by atoms with Gasteiger partial charge in [-0.1, -0.05) is 18.2 Å². The summed E-state index contributed by atoms with van der Waals surface area (Å²) in [6.45, 7) is 1.82. The molecule has 2 aromatic carbocycles. The lowest BCUT2D eigenvalue weighted by Crippen LogP contribution is -2.19. The van der Waals surface area contributed by atoms with Crippen LogP contribution in [0.4, 0.5) is 5.69 Å². The monoisotopic (exact) mass is 441 g/mol. The molecule has 4 rings (SSSR count). The lowest BCUT2D eigenvalue weighted by molar-refractivity contribution is 0.103. The van der Waals surface area contributed by atoms with Gasteiger partial charge in [-0.25, -0.2) is 13.2 Å². The molecule has 0 saturated heterocycles. The van der Waals surface area contributed by atoms with Crippen molar-refractivity contribution in [1.82, 2.24) is 9.13 Å². The standard InChI is InChI=1S/C21H19N3O4S2/c1-13-9-10-29-19(13)20(25)22-15-11-16-17(24(3)21(26)23(16)2)12-18(15)30(27,28)14-7-5-4-6-8-14/h4-12H,1-3H3,(H,22,25). The van der Waals surface area contributed by atoms with Gasteiger partial charge in [-0.15, -0.1) is 11.3 Å². The van der Waals surface area contributed by atoms with E-state index in [2.05, 4.69) is 5.32 Å². The maximum atomic E-state index is 13.4. The Kier molecular flexibility index (Phi) is 4.87. The fraction of sp³-hybridized carbons (Fsp3) is 0.143. The Bertz CT molecular complexity index is 1440. The normalized spacial score (nSPS) is 11.7. The number of fused-ring (bicyclic) bond motifs is 1. The Labute approximate surface area is 177 Å². The summed E-state index contributed by atoms with van der Waals surface area (Å²) in [5.41, 5.74) is 1.63. The summed E-state index contributed by atoms with van der Waals surface area (Å²) >= 11 is 1.28. The summed E-state index contributed by atoms with van der Waals surface area (Å²) in [6, 6.07) is 12.8. The highest BCUT2D eigenvalue weighted by molar-refractivity contribution is 7.91. The molecule has 0 radical (unpaired) electrons. The molecular weight excluding hydrogens is 422 g/mol. The van der Waals surface area contributed by atoms with Crippen LogP contribution in [-0.2, 0) is 23.9 Å². The van der Waals surface area contributed by atoms with E-state index in [1.165, 1.54) is 44.7 Å². The van der Waals surface area contributed by atoms with Crippen molar-refractivity contribution in [1.29, 1.82) is 0 Å². The Morgan fingerprint density at radius 1 is 1.00 bits per heavy atom. The Morgan fingerprint density at radius 3 is 2.23 bits per heavy atom. The van der Waals surface area contributed by atoms with E-state index in [0.29, 0.717) is 15.9 Å². The fourth-order valence-corrected chi connectivity index (χ4v) is 5.61. The molecule has 0 unspecified atom stereocenters. The smallest absolute Gasteiger partial charge is 0.320 e. The minimum Gasteiger partial charge on any atom is -0.320 e. The first-order valence-electron chi connectivity index (χ1n) is 9.07. The van der Waals surface area contributed by atoms with Gasteiger partial charge in [0.25, 0.3) is 5.91 Å². The first-order valence-corrected chi connectivity index (χ1v) is 11.4. The summed E-state index contributed by atoms with van der Waals surface area (Å²) < 4.78 is 29.6. The highest BCUT2D eigenvalue weighted by Crippen LogP contribution is 2.32. The summed E-state index contributed by atoms with van der Waals surface area (Å²) in [4.78, 5) is 25.8. The topological polar surface area (TPSA) is 90.2 Å². The van der Waals surface area contributed by atoms with Crippen LogP contribution in [0.3, 0.4) is 0 Å². The molecule has 154 valence electrons. The highest BCUT2D eigenvalue weighted by Gasteiger charge is 2.25. The number of carbonyl (C=O) groups excluding carboxylic acids is 1. The van der Waals surface area contributed by atoms with E-state index in [1.807, 2.05) is 13.0 Å². The Balaban J connectivity index is 1.96. The minimum absolute atomic E-state index is 0.0649. The van der Waals surface area contributed by atoms with E-state index in [1.54, 1.807) is 37.7 Å². The van der Waals surface area contributed by atoms with Crippen molar-refractivity contribution in [2.75, 3.05) is 5.32 Å². The molecule has 4 aromatic rings. The van der Waals surface area contributed by atoms with Crippen molar-refractivity contribution < 1.29 is 13.2 Å². The SMILES string of the molecule is Cc1ccsc1C(=O)Nc1cc2c(cc1S(=O)(=O)c1ccccc1)n(C)c(=O)n2C. The van der Waals surface area contributed by atoms with Crippen molar-refractivity contribution in [2.24, 2.45) is 14.1 Å². The molecule has 2 heterocycles. The molecule has 2 aromatic heterocycles. The number of anilines is 1. The molecule has 0 fully saturated rings. The first kappa shape index (κ1) is 20.1. The van der Waals surface area contributed by atoms with Crippen LogP contribution in [0.5, 0.6) is 0 Å². The lowest BCUT2D eigenvalue weighted by atomic mass is 10.2. The van der Waals surface area contributed by atoms with Crippen molar-refractivity contribution in [3.63, 3.8) is 0 Å². The second kappa shape index (κ2) is 7.26. The average Bonchev–Trinajstić information content (AvgIpc) is 3.25. The van der Waals surface area contributed by atoms with Crippen LogP contribution in [0.1, 0.15) is 15.2 Å². The molecule has 0 atom stereocenters. The van der Waals surface area contributed by atoms with Gasteiger partial charge in [-0.3, -0.25) is 13.9 Å². The molecule has 9 heteroatoms. The molecule has 0 saturated carbocycles. The number of nitrogens with one attached hydrogen (secondary N) is 1. The van der Waals surface area contributed by atoms with Crippen LogP contribution < -0.4 is 11.0 Å². The highest BCUT2D eigenvalue weighted by atomic mass is 32.2. The van der Waals surface area contributed by atoms with Crippen LogP contribution in [-0.4, -0.2) is 23.5 Å². The van der Waals surface area contributed by atoms with Crippen LogP contribution in [0, 0.1) is 6.92 Å². The van der Waals surface area contributed by atoms with Gasteiger partial charge in [0.2, 0.25) is 9.84 Å². The molecular formula is C21H19N3O4S2. The number of aromatic nitrogens is 2. The van der Waals surface area contributed by atoms with Gasteiger partial charge in [-0.05, 0) is 48.2 Å². The minimum atomic E-state index is -3.94. The summed E-state index contributed by atoms with van der Waals surface area (Å²) in [7, 11) is -0.760. The lowest BCUT2D eigenvalue weighted by Gasteiger charge is -2.13. The third kappa shape index (κ3) is 3.16. The van der Waals surface area contributed by atoms with Gasteiger partial charge in [0.05, 0.1) is 31.4 Å². The molecule has 0 aliphatic rings. The third-order valence-electron chi connectivity index (χ3n) is 5.03. The number of aryl methyl sites for hydroxylation is 3. The van der Waals surface area contributed by atoms with Crippen LogP contribution in [0.25, 0.3) is 11.0 Å². The molecule has 0 aliphatic carbocycles. The van der Waals surface area contributed by atoms with Crippen molar-refractivity contribution in [3.8, 4) is 0 Å². The predicted octanol–water partition coefficient (Wildman–Crippen LogP) is 3.33. The van der Waals surface area contributed by atoms with E-state index in [-0.39, 0.29) is 21.2 Å². The molecule has 30 heavy (non-hydrogen) atoms. The van der Waals surface area contributed by atoms with Crippen molar-refractivity contribution >= 4 is 43.8 Å². The number of rotatable bonds is 4. The number of hydrogen-bond acceptors (Lipinski definition) is 5. The average molecular weight is 442 g/mol. The summed E-state index contributed by atoms with van der Waals surface area (Å²) in [5.74, 6) is -0.396. The van der Waals surface area contributed by atoms with Crippen LogP contribution in [0.15, 0.2) is 68.5 Å². The summed E-state index contributed by atoms with van der Waals surface area (Å²) in [5, 5.41) is 4.55. The van der Waals surface area contributed by atoms with E-state index < -0.39 is 15.7 Å². The predicted molar refractivity (Wildman–Crippen MR) is 117 cm³/mol. The van der Waals surface area contributed by atoms with E-state index in [4.69, 9.17) is 0 Å².